The Labute approximate surface area is 119 Å². The SMILES string of the molecule is CCC(Nc1cnn(CCOC)c1)c1ccccc1O. The van der Waals surface area contributed by atoms with E-state index in [4.69, 9.17) is 4.74 Å². The number of aromatic nitrogens is 2. The van der Waals surface area contributed by atoms with Crippen molar-refractivity contribution < 1.29 is 9.84 Å². The molecule has 0 radical (unpaired) electrons. The first-order valence-electron chi connectivity index (χ1n) is 6.80. The van der Waals surface area contributed by atoms with Crippen LogP contribution < -0.4 is 5.32 Å². The molecule has 5 heteroatoms. The molecule has 0 aliphatic rings. The number of hydrogen-bond donors (Lipinski definition) is 2. The van der Waals surface area contributed by atoms with Crippen molar-refractivity contribution in [3.63, 3.8) is 0 Å². The highest BCUT2D eigenvalue weighted by Crippen LogP contribution is 2.28. The van der Waals surface area contributed by atoms with Gasteiger partial charge in [0.2, 0.25) is 0 Å². The maximum absolute atomic E-state index is 9.93. The van der Waals surface area contributed by atoms with Gasteiger partial charge in [-0.25, -0.2) is 0 Å². The molecule has 0 saturated carbocycles. The van der Waals surface area contributed by atoms with Gasteiger partial charge in [-0.05, 0) is 12.5 Å². The van der Waals surface area contributed by atoms with Crippen molar-refractivity contribution >= 4 is 5.69 Å². The van der Waals surface area contributed by atoms with Gasteiger partial charge in [-0.3, -0.25) is 4.68 Å². The van der Waals surface area contributed by atoms with Crippen LogP contribution in [0.1, 0.15) is 24.9 Å². The molecule has 2 rings (SSSR count). The lowest BCUT2D eigenvalue weighted by Gasteiger charge is -2.18. The highest BCUT2D eigenvalue weighted by Gasteiger charge is 2.13. The van der Waals surface area contributed by atoms with Crippen LogP contribution in [0.5, 0.6) is 5.75 Å². The van der Waals surface area contributed by atoms with Crippen molar-refractivity contribution in [2.45, 2.75) is 25.9 Å². The summed E-state index contributed by atoms with van der Waals surface area (Å²) in [5.74, 6) is 0.318. The molecule has 0 amide bonds. The summed E-state index contributed by atoms with van der Waals surface area (Å²) < 4.78 is 6.86. The number of nitrogens with one attached hydrogen (secondary N) is 1. The smallest absolute Gasteiger partial charge is 0.120 e. The van der Waals surface area contributed by atoms with E-state index in [0.717, 1.165) is 24.2 Å². The number of hydrogen-bond acceptors (Lipinski definition) is 4. The van der Waals surface area contributed by atoms with Crippen LogP contribution >= 0.6 is 0 Å². The molecule has 1 atom stereocenters. The van der Waals surface area contributed by atoms with Gasteiger partial charge >= 0.3 is 0 Å². The molecule has 2 N–H and O–H groups in total. The van der Waals surface area contributed by atoms with E-state index in [1.807, 2.05) is 29.1 Å². The fourth-order valence-corrected chi connectivity index (χ4v) is 2.13. The number of ether oxygens (including phenoxy) is 1. The van der Waals surface area contributed by atoms with Gasteiger partial charge in [-0.15, -0.1) is 0 Å². The topological polar surface area (TPSA) is 59.3 Å². The van der Waals surface area contributed by atoms with E-state index in [1.165, 1.54) is 0 Å². The summed E-state index contributed by atoms with van der Waals surface area (Å²) in [4.78, 5) is 0. The molecule has 0 saturated heterocycles. The van der Waals surface area contributed by atoms with E-state index in [2.05, 4.69) is 17.3 Å². The van der Waals surface area contributed by atoms with E-state index < -0.39 is 0 Å². The molecule has 5 nitrogen and oxygen atoms in total. The summed E-state index contributed by atoms with van der Waals surface area (Å²) in [7, 11) is 1.67. The summed E-state index contributed by atoms with van der Waals surface area (Å²) in [6.45, 7) is 3.45. The molecule has 0 aliphatic heterocycles. The molecule has 0 bridgehead atoms. The molecule has 1 aromatic heterocycles. The highest BCUT2D eigenvalue weighted by atomic mass is 16.5. The van der Waals surface area contributed by atoms with Gasteiger partial charge in [-0.2, -0.15) is 5.10 Å². The van der Waals surface area contributed by atoms with Crippen LogP contribution in [0.3, 0.4) is 0 Å². The zero-order valence-electron chi connectivity index (χ0n) is 11.9. The number of phenols is 1. The predicted molar refractivity (Wildman–Crippen MR) is 78.9 cm³/mol. The lowest BCUT2D eigenvalue weighted by molar-refractivity contribution is 0.183. The maximum Gasteiger partial charge on any atom is 0.120 e. The van der Waals surface area contributed by atoms with Crippen LogP contribution in [0.25, 0.3) is 0 Å². The van der Waals surface area contributed by atoms with Gasteiger partial charge in [0.1, 0.15) is 5.75 Å². The highest BCUT2D eigenvalue weighted by molar-refractivity contribution is 5.45. The Balaban J connectivity index is 2.07. The number of benzene rings is 1. The third-order valence-corrected chi connectivity index (χ3v) is 3.22. The second kappa shape index (κ2) is 6.96. The Bertz CT molecular complexity index is 539. The predicted octanol–water partition coefficient (Wildman–Crippen LogP) is 2.80. The normalized spacial score (nSPS) is 12.3. The van der Waals surface area contributed by atoms with E-state index in [9.17, 15) is 5.11 Å². The van der Waals surface area contributed by atoms with E-state index in [1.54, 1.807) is 19.4 Å². The van der Waals surface area contributed by atoms with E-state index in [-0.39, 0.29) is 6.04 Å². The standard InChI is InChI=1S/C15H21N3O2/c1-3-14(13-6-4-5-7-15(13)19)17-12-10-16-18(11-12)8-9-20-2/h4-7,10-11,14,17,19H,3,8-9H2,1-2H3. The van der Waals surface area contributed by atoms with E-state index in [0.29, 0.717) is 12.4 Å². The molecule has 0 spiro atoms. The Kier molecular flexibility index (Phi) is 5.01. The number of aromatic hydroxyl groups is 1. The monoisotopic (exact) mass is 275 g/mol. The van der Waals surface area contributed by atoms with Gasteiger partial charge in [0, 0.05) is 18.9 Å². The van der Waals surface area contributed by atoms with Gasteiger partial charge in [0.05, 0.1) is 31.1 Å². The van der Waals surface area contributed by atoms with Crippen LogP contribution in [0.2, 0.25) is 0 Å². The fourth-order valence-electron chi connectivity index (χ4n) is 2.13. The Hall–Kier alpha value is -2.01. The van der Waals surface area contributed by atoms with Crippen molar-refractivity contribution in [3.8, 4) is 5.75 Å². The molecule has 0 aliphatic carbocycles. The van der Waals surface area contributed by atoms with Gasteiger partial charge in [0.15, 0.2) is 0 Å². The minimum atomic E-state index is 0.0660. The van der Waals surface area contributed by atoms with Crippen molar-refractivity contribution in [2.24, 2.45) is 0 Å². The quantitative estimate of drug-likeness (QED) is 0.815. The molecular formula is C15H21N3O2. The summed E-state index contributed by atoms with van der Waals surface area (Å²) in [5.41, 5.74) is 1.84. The average molecular weight is 275 g/mol. The second-order valence-electron chi connectivity index (χ2n) is 4.65. The van der Waals surface area contributed by atoms with Crippen LogP contribution in [-0.2, 0) is 11.3 Å². The first-order chi connectivity index (χ1) is 9.74. The minimum absolute atomic E-state index is 0.0660. The van der Waals surface area contributed by atoms with Crippen LogP contribution in [-0.4, -0.2) is 28.6 Å². The second-order valence-corrected chi connectivity index (χ2v) is 4.65. The number of anilines is 1. The molecule has 108 valence electrons. The summed E-state index contributed by atoms with van der Waals surface area (Å²) in [6, 6.07) is 7.47. The minimum Gasteiger partial charge on any atom is -0.508 e. The van der Waals surface area contributed by atoms with Gasteiger partial charge in [-0.1, -0.05) is 25.1 Å². The third kappa shape index (κ3) is 3.51. The Morgan fingerprint density at radius 3 is 2.90 bits per heavy atom. The number of nitrogens with zero attached hydrogens (tertiary/aromatic N) is 2. The summed E-state index contributed by atoms with van der Waals surface area (Å²) in [6.07, 6.45) is 4.61. The van der Waals surface area contributed by atoms with Crippen LogP contribution in [0, 0.1) is 0 Å². The molecule has 2 aromatic rings. The zero-order chi connectivity index (χ0) is 14.4. The summed E-state index contributed by atoms with van der Waals surface area (Å²) in [5, 5.41) is 17.6. The van der Waals surface area contributed by atoms with Crippen molar-refractivity contribution in [3.05, 3.63) is 42.2 Å². The van der Waals surface area contributed by atoms with Gasteiger partial charge < -0.3 is 15.2 Å². The Morgan fingerprint density at radius 2 is 2.20 bits per heavy atom. The number of methoxy groups -OCH3 is 1. The number of para-hydroxylation sites is 1. The zero-order valence-corrected chi connectivity index (χ0v) is 11.9. The third-order valence-electron chi connectivity index (χ3n) is 3.22. The molecule has 20 heavy (non-hydrogen) atoms. The van der Waals surface area contributed by atoms with Crippen LogP contribution in [0.15, 0.2) is 36.7 Å². The number of rotatable bonds is 7. The van der Waals surface area contributed by atoms with Crippen molar-refractivity contribution in [1.29, 1.82) is 0 Å². The molecular weight excluding hydrogens is 254 g/mol. The van der Waals surface area contributed by atoms with Crippen LogP contribution in [0.4, 0.5) is 5.69 Å². The van der Waals surface area contributed by atoms with Crippen molar-refractivity contribution in [1.82, 2.24) is 9.78 Å². The van der Waals surface area contributed by atoms with E-state index >= 15 is 0 Å². The Morgan fingerprint density at radius 1 is 1.40 bits per heavy atom. The summed E-state index contributed by atoms with van der Waals surface area (Å²) >= 11 is 0. The first-order valence-corrected chi connectivity index (χ1v) is 6.80. The van der Waals surface area contributed by atoms with Crippen molar-refractivity contribution in [2.75, 3.05) is 19.0 Å². The number of phenolic OH excluding ortho intramolecular Hbond substituents is 1. The fraction of sp³-hybridized carbons (Fsp3) is 0.400. The lowest BCUT2D eigenvalue weighted by atomic mass is 10.0. The molecule has 1 heterocycles. The average Bonchev–Trinajstić information content (AvgIpc) is 2.91. The van der Waals surface area contributed by atoms with Gasteiger partial charge in [0.25, 0.3) is 0 Å². The molecule has 0 fully saturated rings. The maximum atomic E-state index is 9.93. The largest absolute Gasteiger partial charge is 0.508 e. The molecule has 1 aromatic carbocycles. The molecule has 1 unspecified atom stereocenters. The lowest BCUT2D eigenvalue weighted by Crippen LogP contribution is -2.09. The first kappa shape index (κ1) is 14.4.